The first-order chi connectivity index (χ1) is 10.2. The van der Waals surface area contributed by atoms with E-state index >= 15 is 0 Å². The maximum absolute atomic E-state index is 10.8. The number of aromatic nitrogens is 5. The summed E-state index contributed by atoms with van der Waals surface area (Å²) >= 11 is 1.06. The molecule has 3 rings (SSSR count). The molecule has 0 spiro atoms. The molecule has 2 heterocycles. The molecule has 0 N–H and O–H groups in total. The van der Waals surface area contributed by atoms with Crippen LogP contribution >= 0.6 is 11.8 Å². The highest BCUT2D eigenvalue weighted by atomic mass is 32.2. The topological polar surface area (TPSA) is 96.6 Å². The lowest BCUT2D eigenvalue weighted by Gasteiger charge is -2.10. The van der Waals surface area contributed by atoms with E-state index in [0.717, 1.165) is 17.4 Å². The third-order valence-electron chi connectivity index (χ3n) is 2.83. The monoisotopic (exact) mass is 300 g/mol. The average molecular weight is 300 g/mol. The van der Waals surface area contributed by atoms with Gasteiger partial charge >= 0.3 is 0 Å². The van der Waals surface area contributed by atoms with Crippen LogP contribution in [0.25, 0.3) is 16.9 Å². The number of thioether (sulfide) groups is 1. The largest absolute Gasteiger partial charge is 0.549 e. The number of carboxylic acid groups (broad SMARTS) is 1. The summed E-state index contributed by atoms with van der Waals surface area (Å²) < 4.78 is 1.59. The van der Waals surface area contributed by atoms with E-state index in [4.69, 9.17) is 0 Å². The summed E-state index contributed by atoms with van der Waals surface area (Å²) in [5.41, 5.74) is 1.83. The summed E-state index contributed by atoms with van der Waals surface area (Å²) in [7, 11) is 0. The fourth-order valence-corrected chi connectivity index (χ4v) is 2.56. The molecule has 0 fully saturated rings. The van der Waals surface area contributed by atoms with Gasteiger partial charge in [0.2, 0.25) is 0 Å². The standard InChI is InChI=1S/C13H11N5O2S/c1-8(13(19)20)21-12-10-11(14-7-15-12)18(17-16-10)9-5-3-2-4-6-9/h2-8H,1H3,(H,19,20)/p-1/t8-/m0/s1. The van der Waals surface area contributed by atoms with Crippen LogP contribution in [0.15, 0.2) is 41.7 Å². The second-order valence-electron chi connectivity index (χ2n) is 4.27. The Kier molecular flexibility index (Phi) is 3.53. The molecule has 106 valence electrons. The predicted molar refractivity (Wildman–Crippen MR) is 74.8 cm³/mol. The molecule has 0 saturated heterocycles. The molecule has 0 unspecified atom stereocenters. The molecule has 0 amide bonds. The van der Waals surface area contributed by atoms with E-state index in [9.17, 15) is 9.90 Å². The Morgan fingerprint density at radius 3 is 2.76 bits per heavy atom. The quantitative estimate of drug-likeness (QED) is 0.509. The maximum atomic E-state index is 10.8. The Balaban J connectivity index is 2.06. The third-order valence-corrected chi connectivity index (χ3v) is 3.89. The third kappa shape index (κ3) is 2.57. The van der Waals surface area contributed by atoms with Gasteiger partial charge < -0.3 is 9.90 Å². The average Bonchev–Trinajstić information content (AvgIpc) is 2.93. The van der Waals surface area contributed by atoms with E-state index in [1.54, 1.807) is 4.68 Å². The number of fused-ring (bicyclic) bond motifs is 1. The van der Waals surface area contributed by atoms with Crippen LogP contribution in [0, 0.1) is 0 Å². The van der Waals surface area contributed by atoms with Gasteiger partial charge in [-0.2, -0.15) is 4.68 Å². The lowest BCUT2D eigenvalue weighted by molar-refractivity contribution is -0.304. The van der Waals surface area contributed by atoms with Crippen LogP contribution in [0.5, 0.6) is 0 Å². The van der Waals surface area contributed by atoms with Gasteiger partial charge in [-0.05, 0) is 19.1 Å². The minimum absolute atomic E-state index is 0.471. The molecule has 0 aliphatic rings. The normalized spacial score (nSPS) is 12.4. The van der Waals surface area contributed by atoms with Gasteiger partial charge in [0.1, 0.15) is 11.4 Å². The van der Waals surface area contributed by atoms with E-state index in [0.29, 0.717) is 16.2 Å². The molecule has 0 bridgehead atoms. The van der Waals surface area contributed by atoms with Crippen LogP contribution in [0.3, 0.4) is 0 Å². The summed E-state index contributed by atoms with van der Waals surface area (Å²) in [6.45, 7) is 1.54. The number of carbonyl (C=O) groups excluding carboxylic acids is 1. The maximum Gasteiger partial charge on any atom is 0.187 e. The second kappa shape index (κ2) is 5.49. The number of hydrogen-bond donors (Lipinski definition) is 0. The molecular formula is C13H10N5O2S-. The number of nitrogens with zero attached hydrogens (tertiary/aromatic N) is 5. The summed E-state index contributed by atoms with van der Waals surface area (Å²) in [4.78, 5) is 19.1. The molecule has 0 radical (unpaired) electrons. The van der Waals surface area contributed by atoms with Crippen molar-refractivity contribution < 1.29 is 9.90 Å². The van der Waals surface area contributed by atoms with Gasteiger partial charge in [-0.25, -0.2) is 9.97 Å². The van der Waals surface area contributed by atoms with Crippen LogP contribution in [0.1, 0.15) is 6.92 Å². The predicted octanol–water partition coefficient (Wildman–Crippen LogP) is 0.441. The van der Waals surface area contributed by atoms with E-state index in [2.05, 4.69) is 20.3 Å². The van der Waals surface area contributed by atoms with Gasteiger partial charge in [-0.1, -0.05) is 35.2 Å². The molecule has 0 aliphatic heterocycles. The van der Waals surface area contributed by atoms with Crippen molar-refractivity contribution in [2.75, 3.05) is 0 Å². The lowest BCUT2D eigenvalue weighted by atomic mass is 10.3. The zero-order chi connectivity index (χ0) is 14.8. The molecule has 3 aromatic rings. The van der Waals surface area contributed by atoms with Crippen molar-refractivity contribution >= 4 is 28.9 Å². The van der Waals surface area contributed by atoms with Gasteiger partial charge in [0.25, 0.3) is 0 Å². The van der Waals surface area contributed by atoms with Crippen LogP contribution in [-0.4, -0.2) is 36.2 Å². The zero-order valence-electron chi connectivity index (χ0n) is 11.0. The smallest absolute Gasteiger partial charge is 0.187 e. The SMILES string of the molecule is C[C@H](Sc1ncnc2c1nnn2-c1ccccc1)C(=O)[O-]. The van der Waals surface area contributed by atoms with E-state index in [1.165, 1.54) is 13.3 Å². The number of para-hydroxylation sites is 1. The Labute approximate surface area is 124 Å². The molecule has 21 heavy (non-hydrogen) atoms. The minimum atomic E-state index is -1.15. The van der Waals surface area contributed by atoms with Crippen molar-refractivity contribution in [3.05, 3.63) is 36.7 Å². The number of benzene rings is 1. The van der Waals surface area contributed by atoms with Crippen LogP contribution in [0.2, 0.25) is 0 Å². The summed E-state index contributed by atoms with van der Waals surface area (Å²) in [5, 5.41) is 18.7. The summed E-state index contributed by atoms with van der Waals surface area (Å²) in [6, 6.07) is 9.44. The van der Waals surface area contributed by atoms with Gasteiger partial charge in [0, 0.05) is 5.25 Å². The zero-order valence-corrected chi connectivity index (χ0v) is 11.8. The number of hydrogen-bond acceptors (Lipinski definition) is 7. The molecule has 2 aromatic heterocycles. The molecular weight excluding hydrogens is 290 g/mol. The fourth-order valence-electron chi connectivity index (χ4n) is 1.77. The Hall–Kier alpha value is -2.48. The molecule has 8 heteroatoms. The Morgan fingerprint density at radius 1 is 1.29 bits per heavy atom. The Bertz CT molecular complexity index is 790. The van der Waals surface area contributed by atoms with E-state index < -0.39 is 11.2 Å². The Morgan fingerprint density at radius 2 is 2.05 bits per heavy atom. The second-order valence-corrected chi connectivity index (χ2v) is 5.60. The number of aliphatic carboxylic acids is 1. The van der Waals surface area contributed by atoms with Gasteiger partial charge in [-0.3, -0.25) is 0 Å². The molecule has 1 atom stereocenters. The van der Waals surface area contributed by atoms with E-state index in [1.807, 2.05) is 30.3 Å². The van der Waals surface area contributed by atoms with E-state index in [-0.39, 0.29) is 0 Å². The first-order valence-corrected chi connectivity index (χ1v) is 7.04. The molecule has 1 aromatic carbocycles. The van der Waals surface area contributed by atoms with Gasteiger partial charge in [0.15, 0.2) is 11.2 Å². The number of carbonyl (C=O) groups is 1. The lowest BCUT2D eigenvalue weighted by Crippen LogP contribution is -2.31. The van der Waals surface area contributed by atoms with Crippen molar-refractivity contribution in [2.45, 2.75) is 17.2 Å². The molecule has 0 saturated carbocycles. The van der Waals surface area contributed by atoms with Gasteiger partial charge in [-0.15, -0.1) is 5.10 Å². The van der Waals surface area contributed by atoms with Crippen molar-refractivity contribution in [3.63, 3.8) is 0 Å². The van der Waals surface area contributed by atoms with Crippen LogP contribution < -0.4 is 5.11 Å². The summed E-state index contributed by atoms with van der Waals surface area (Å²) in [5.74, 6) is -1.15. The summed E-state index contributed by atoms with van der Waals surface area (Å²) in [6.07, 6.45) is 1.37. The van der Waals surface area contributed by atoms with Crippen LogP contribution in [-0.2, 0) is 4.79 Å². The highest BCUT2D eigenvalue weighted by molar-refractivity contribution is 8.00. The first-order valence-electron chi connectivity index (χ1n) is 6.16. The first kappa shape index (κ1) is 13.5. The van der Waals surface area contributed by atoms with Crippen molar-refractivity contribution in [2.24, 2.45) is 0 Å². The highest BCUT2D eigenvalue weighted by Gasteiger charge is 2.15. The fraction of sp³-hybridized carbons (Fsp3) is 0.154. The van der Waals surface area contributed by atoms with Crippen molar-refractivity contribution in [3.8, 4) is 5.69 Å². The van der Waals surface area contributed by atoms with Crippen molar-refractivity contribution in [1.82, 2.24) is 25.0 Å². The number of rotatable bonds is 4. The van der Waals surface area contributed by atoms with Crippen molar-refractivity contribution in [1.29, 1.82) is 0 Å². The highest BCUT2D eigenvalue weighted by Crippen LogP contribution is 2.26. The molecule has 7 nitrogen and oxygen atoms in total. The van der Waals surface area contributed by atoms with Gasteiger partial charge in [0.05, 0.1) is 11.7 Å². The minimum Gasteiger partial charge on any atom is -0.549 e. The number of carboxylic acids is 1. The van der Waals surface area contributed by atoms with Crippen LogP contribution in [0.4, 0.5) is 0 Å². The molecule has 0 aliphatic carbocycles.